The Morgan fingerprint density at radius 2 is 2.64 bits per heavy atom. The molecule has 1 aromatic rings. The number of aliphatic hydroxyl groups is 1. The third-order valence-corrected chi connectivity index (χ3v) is 2.04. The van der Waals surface area contributed by atoms with E-state index in [-0.39, 0.29) is 0 Å². The Morgan fingerprint density at radius 3 is 3.36 bits per heavy atom. The number of hydrogen-bond donors (Lipinski definition) is 1. The summed E-state index contributed by atoms with van der Waals surface area (Å²) in [5.41, 5.74) is -1.12. The van der Waals surface area contributed by atoms with Crippen molar-refractivity contribution in [1.29, 1.82) is 0 Å². The van der Waals surface area contributed by atoms with E-state index in [2.05, 4.69) is 10.9 Å². The predicted octanol–water partition coefficient (Wildman–Crippen LogP) is 0.108. The molecule has 2 rings (SSSR count). The van der Waals surface area contributed by atoms with E-state index in [1.54, 1.807) is 6.20 Å². The molecule has 0 aliphatic carbocycles. The molecule has 0 unspecified atom stereocenters. The van der Waals surface area contributed by atoms with Crippen molar-refractivity contribution in [3.05, 3.63) is 18.2 Å². The van der Waals surface area contributed by atoms with E-state index in [1.165, 1.54) is 0 Å². The van der Waals surface area contributed by atoms with Gasteiger partial charge in [-0.15, -0.1) is 6.42 Å². The summed E-state index contributed by atoms with van der Waals surface area (Å²) >= 11 is 0. The zero-order valence-corrected chi connectivity index (χ0v) is 5.99. The molecular weight excluding hydrogens is 140 g/mol. The maximum absolute atomic E-state index is 9.72. The molecule has 0 amide bonds. The van der Waals surface area contributed by atoms with Gasteiger partial charge in [-0.1, -0.05) is 5.92 Å². The van der Waals surface area contributed by atoms with Crippen molar-refractivity contribution in [2.75, 3.05) is 0 Å². The first-order valence-corrected chi connectivity index (χ1v) is 3.48. The minimum atomic E-state index is -1.12. The minimum absolute atomic E-state index is 0.576. The average Bonchev–Trinajstić information content (AvgIpc) is 2.55. The fraction of sp³-hybridized carbons (Fsp3) is 0.375. The highest BCUT2D eigenvalue weighted by Gasteiger charge is 2.36. The van der Waals surface area contributed by atoms with Gasteiger partial charge in [-0.05, 0) is 0 Å². The van der Waals surface area contributed by atoms with Gasteiger partial charge in [-0.2, -0.15) is 0 Å². The smallest absolute Gasteiger partial charge is 0.185 e. The molecule has 1 aromatic heterocycles. The second kappa shape index (κ2) is 1.86. The topological polar surface area (TPSA) is 38.0 Å². The van der Waals surface area contributed by atoms with E-state index in [0.29, 0.717) is 12.2 Å². The highest BCUT2D eigenvalue weighted by atomic mass is 16.3. The molecule has 0 fully saturated rings. The van der Waals surface area contributed by atoms with Crippen LogP contribution in [0.25, 0.3) is 0 Å². The van der Waals surface area contributed by atoms with Gasteiger partial charge in [-0.25, -0.2) is 4.98 Å². The predicted molar refractivity (Wildman–Crippen MR) is 39.6 cm³/mol. The lowest BCUT2D eigenvalue weighted by atomic mass is 10.0. The number of fused-ring (bicyclic) bond motifs is 1. The summed E-state index contributed by atoms with van der Waals surface area (Å²) in [6, 6.07) is 0. The average molecular weight is 148 g/mol. The Bertz CT molecular complexity index is 323. The van der Waals surface area contributed by atoms with Crippen LogP contribution in [0.15, 0.2) is 12.4 Å². The van der Waals surface area contributed by atoms with Crippen LogP contribution in [0.3, 0.4) is 0 Å². The van der Waals surface area contributed by atoms with Crippen LogP contribution in [0.1, 0.15) is 12.2 Å². The van der Waals surface area contributed by atoms with Gasteiger partial charge in [0, 0.05) is 25.4 Å². The quantitative estimate of drug-likeness (QED) is 0.530. The van der Waals surface area contributed by atoms with E-state index >= 15 is 0 Å². The summed E-state index contributed by atoms with van der Waals surface area (Å²) in [5.74, 6) is 2.95. The molecule has 11 heavy (non-hydrogen) atoms. The molecular formula is C8H8N2O. The Morgan fingerprint density at radius 1 is 1.82 bits per heavy atom. The molecule has 0 radical (unpaired) electrons. The largest absolute Gasteiger partial charge is 0.371 e. The molecule has 1 aliphatic heterocycles. The molecule has 56 valence electrons. The van der Waals surface area contributed by atoms with Gasteiger partial charge in [0.25, 0.3) is 0 Å². The zero-order chi connectivity index (χ0) is 7.90. The number of hydrogen-bond acceptors (Lipinski definition) is 2. The number of terminal acetylenes is 1. The van der Waals surface area contributed by atoms with Crippen molar-refractivity contribution in [2.45, 2.75) is 18.6 Å². The van der Waals surface area contributed by atoms with Crippen LogP contribution in [0.5, 0.6) is 0 Å². The molecule has 0 aromatic carbocycles. The fourth-order valence-corrected chi connectivity index (χ4v) is 1.38. The lowest BCUT2D eigenvalue weighted by molar-refractivity contribution is 0.0982. The van der Waals surface area contributed by atoms with Crippen LogP contribution in [-0.4, -0.2) is 14.7 Å². The number of aryl methyl sites for hydroxylation is 1. The minimum Gasteiger partial charge on any atom is -0.371 e. The number of rotatable bonds is 0. The number of aromatic nitrogens is 2. The van der Waals surface area contributed by atoms with E-state index in [9.17, 15) is 5.11 Å². The lowest BCUT2D eigenvalue weighted by Gasteiger charge is -2.11. The van der Waals surface area contributed by atoms with Gasteiger partial charge in [0.05, 0.1) is 0 Å². The third-order valence-electron chi connectivity index (χ3n) is 2.04. The van der Waals surface area contributed by atoms with Crippen LogP contribution in [0.2, 0.25) is 0 Å². The SMILES string of the molecule is C#C[C@@]1(O)CCn2ccnc21. The molecule has 3 nitrogen and oxygen atoms in total. The molecule has 0 saturated carbocycles. The van der Waals surface area contributed by atoms with E-state index < -0.39 is 5.60 Å². The number of nitrogens with zero attached hydrogens (tertiary/aromatic N) is 2. The van der Waals surface area contributed by atoms with Crippen molar-refractivity contribution >= 4 is 0 Å². The maximum atomic E-state index is 9.72. The summed E-state index contributed by atoms with van der Waals surface area (Å²) in [4.78, 5) is 3.99. The maximum Gasteiger partial charge on any atom is 0.185 e. The Balaban J connectivity index is 2.56. The molecule has 0 bridgehead atoms. The van der Waals surface area contributed by atoms with Crippen molar-refractivity contribution in [3.8, 4) is 12.3 Å². The zero-order valence-electron chi connectivity index (χ0n) is 5.99. The molecule has 1 N–H and O–H groups in total. The van der Waals surface area contributed by atoms with Crippen molar-refractivity contribution in [2.24, 2.45) is 0 Å². The summed E-state index contributed by atoms with van der Waals surface area (Å²) in [7, 11) is 0. The van der Waals surface area contributed by atoms with E-state index in [1.807, 2.05) is 10.8 Å². The van der Waals surface area contributed by atoms with Gasteiger partial charge in [-0.3, -0.25) is 0 Å². The Labute approximate surface area is 64.7 Å². The molecule has 2 heterocycles. The van der Waals surface area contributed by atoms with Crippen LogP contribution in [0.4, 0.5) is 0 Å². The van der Waals surface area contributed by atoms with Crippen molar-refractivity contribution < 1.29 is 5.11 Å². The van der Waals surface area contributed by atoms with Crippen LogP contribution in [0, 0.1) is 12.3 Å². The van der Waals surface area contributed by atoms with Crippen LogP contribution >= 0.6 is 0 Å². The van der Waals surface area contributed by atoms with Crippen LogP contribution < -0.4 is 0 Å². The first-order chi connectivity index (χ1) is 5.26. The van der Waals surface area contributed by atoms with E-state index in [0.717, 1.165) is 6.54 Å². The second-order valence-corrected chi connectivity index (χ2v) is 2.70. The van der Waals surface area contributed by atoms with Gasteiger partial charge >= 0.3 is 0 Å². The van der Waals surface area contributed by atoms with Gasteiger partial charge in [0.2, 0.25) is 0 Å². The standard InChI is InChI=1S/C8H8N2O/c1-2-8(11)3-5-10-6-4-9-7(8)10/h1,4,6,11H,3,5H2/t8-/m1/s1. The first kappa shape index (κ1) is 6.44. The second-order valence-electron chi connectivity index (χ2n) is 2.70. The highest BCUT2D eigenvalue weighted by molar-refractivity contribution is 5.22. The van der Waals surface area contributed by atoms with Gasteiger partial charge in [0.1, 0.15) is 0 Å². The molecule has 3 heteroatoms. The monoisotopic (exact) mass is 148 g/mol. The van der Waals surface area contributed by atoms with Crippen LogP contribution in [-0.2, 0) is 12.1 Å². The Kier molecular flexibility index (Phi) is 1.09. The fourth-order valence-electron chi connectivity index (χ4n) is 1.38. The summed E-state index contributed by atoms with van der Waals surface area (Å²) < 4.78 is 1.87. The molecule has 1 aliphatic rings. The van der Waals surface area contributed by atoms with Crippen molar-refractivity contribution in [3.63, 3.8) is 0 Å². The summed E-state index contributed by atoms with van der Waals surface area (Å²) in [5, 5.41) is 9.72. The molecule has 0 saturated heterocycles. The van der Waals surface area contributed by atoms with Gasteiger partial charge < -0.3 is 9.67 Å². The summed E-state index contributed by atoms with van der Waals surface area (Å²) in [6.07, 6.45) is 9.24. The lowest BCUT2D eigenvalue weighted by Crippen LogP contribution is -2.20. The number of imidazole rings is 1. The Hall–Kier alpha value is -1.27. The van der Waals surface area contributed by atoms with E-state index in [4.69, 9.17) is 6.42 Å². The molecule has 1 atom stereocenters. The van der Waals surface area contributed by atoms with Crippen molar-refractivity contribution in [1.82, 2.24) is 9.55 Å². The highest BCUT2D eigenvalue weighted by Crippen LogP contribution is 2.29. The first-order valence-electron chi connectivity index (χ1n) is 3.48. The summed E-state index contributed by atoms with van der Waals surface area (Å²) in [6.45, 7) is 0.760. The van der Waals surface area contributed by atoms with Gasteiger partial charge in [0.15, 0.2) is 11.4 Å². The third kappa shape index (κ3) is 0.702. The normalized spacial score (nSPS) is 28.0. The molecule has 0 spiro atoms.